The molecule has 0 radical (unpaired) electrons. The Balaban J connectivity index is 1.29. The molecule has 0 spiro atoms. The van der Waals surface area contributed by atoms with Gasteiger partial charge < -0.3 is 20.1 Å². The van der Waals surface area contributed by atoms with E-state index in [1.807, 2.05) is 37.3 Å². The Kier molecular flexibility index (Phi) is 7.84. The molecule has 1 aliphatic rings. The van der Waals surface area contributed by atoms with Crippen LogP contribution in [0.5, 0.6) is 11.5 Å². The largest absolute Gasteiger partial charge is 0.493 e. The third-order valence-electron chi connectivity index (χ3n) is 6.33. The Hall–Kier alpha value is -4.63. The third-order valence-corrected chi connectivity index (χ3v) is 6.91. The summed E-state index contributed by atoms with van der Waals surface area (Å²) in [5.74, 6) is -0.119. The van der Waals surface area contributed by atoms with Gasteiger partial charge in [0.2, 0.25) is 5.91 Å². The van der Waals surface area contributed by atoms with Crippen LogP contribution in [0.15, 0.2) is 89.0 Å². The molecule has 4 aromatic carbocycles. The summed E-state index contributed by atoms with van der Waals surface area (Å²) in [5.41, 5.74) is 3.21. The van der Waals surface area contributed by atoms with Gasteiger partial charge in [0.05, 0.1) is 11.6 Å². The highest BCUT2D eigenvalue weighted by molar-refractivity contribution is 9.10. The highest BCUT2D eigenvalue weighted by Crippen LogP contribution is 2.38. The lowest BCUT2D eigenvalue weighted by Gasteiger charge is -2.14. The average Bonchev–Trinajstić information content (AvgIpc) is 3.19. The first-order valence-electron chi connectivity index (χ1n) is 12.5. The Morgan fingerprint density at radius 2 is 1.80 bits per heavy atom. The number of rotatable bonds is 8. The lowest BCUT2D eigenvalue weighted by Crippen LogP contribution is -2.38. The summed E-state index contributed by atoms with van der Waals surface area (Å²) < 4.78 is 12.3. The maximum Gasteiger partial charge on any atom is 0.329 e. The fourth-order valence-electron chi connectivity index (χ4n) is 4.40. The van der Waals surface area contributed by atoms with Crippen LogP contribution in [0.2, 0.25) is 0 Å². The van der Waals surface area contributed by atoms with Crippen molar-refractivity contribution >= 4 is 56.3 Å². The minimum absolute atomic E-state index is 0.0483. The number of nitrogens with zero attached hydrogens (tertiary/aromatic N) is 1. The van der Waals surface area contributed by atoms with E-state index in [4.69, 9.17) is 9.47 Å². The topological polar surface area (TPSA) is 97.0 Å². The Morgan fingerprint density at radius 3 is 2.58 bits per heavy atom. The van der Waals surface area contributed by atoms with Crippen LogP contribution in [-0.4, -0.2) is 36.4 Å². The normalized spacial score (nSPS) is 14.0. The summed E-state index contributed by atoms with van der Waals surface area (Å²) in [5, 5.41) is 7.53. The van der Waals surface area contributed by atoms with Crippen molar-refractivity contribution in [2.24, 2.45) is 0 Å². The maximum atomic E-state index is 12.9. The van der Waals surface area contributed by atoms with Gasteiger partial charge in [-0.1, -0.05) is 48.5 Å². The molecular weight excluding hydrogens is 574 g/mol. The fraction of sp³-hybridized carbons (Fsp3) is 0.129. The van der Waals surface area contributed by atoms with E-state index in [0.29, 0.717) is 33.8 Å². The zero-order valence-corrected chi connectivity index (χ0v) is 23.4. The molecule has 0 atom stereocenters. The molecule has 0 saturated carbocycles. The zero-order chi connectivity index (χ0) is 28.2. The van der Waals surface area contributed by atoms with Crippen LogP contribution in [-0.2, 0) is 16.2 Å². The number of imide groups is 1. The van der Waals surface area contributed by atoms with Gasteiger partial charge in [0.25, 0.3) is 5.91 Å². The molecule has 0 unspecified atom stereocenters. The molecule has 9 heteroatoms. The van der Waals surface area contributed by atoms with Crippen molar-refractivity contribution in [1.82, 2.24) is 10.2 Å². The number of aryl methyl sites for hydroxylation is 1. The van der Waals surface area contributed by atoms with Crippen molar-refractivity contribution in [3.63, 3.8) is 0 Å². The van der Waals surface area contributed by atoms with Gasteiger partial charge >= 0.3 is 6.03 Å². The number of benzene rings is 4. The molecule has 2 N–H and O–H groups in total. The number of urea groups is 1. The fourth-order valence-corrected chi connectivity index (χ4v) is 4.97. The highest BCUT2D eigenvalue weighted by Gasteiger charge is 2.35. The van der Waals surface area contributed by atoms with Gasteiger partial charge in [0.15, 0.2) is 11.5 Å². The molecule has 202 valence electrons. The van der Waals surface area contributed by atoms with Crippen LogP contribution < -0.4 is 20.1 Å². The van der Waals surface area contributed by atoms with E-state index in [0.717, 1.165) is 26.8 Å². The quantitative estimate of drug-likeness (QED) is 0.190. The van der Waals surface area contributed by atoms with Gasteiger partial charge in [0, 0.05) is 5.69 Å². The second-order valence-corrected chi connectivity index (χ2v) is 10.2. The Bertz CT molecular complexity index is 1670. The monoisotopic (exact) mass is 599 g/mol. The Morgan fingerprint density at radius 1 is 1.00 bits per heavy atom. The lowest BCUT2D eigenvalue weighted by atomic mass is 10.1. The first-order valence-corrected chi connectivity index (χ1v) is 13.3. The van der Waals surface area contributed by atoms with Crippen LogP contribution >= 0.6 is 15.9 Å². The summed E-state index contributed by atoms with van der Waals surface area (Å²) in [6.07, 6.45) is 1.53. The molecule has 1 fully saturated rings. The zero-order valence-electron chi connectivity index (χ0n) is 21.9. The highest BCUT2D eigenvalue weighted by atomic mass is 79.9. The molecule has 0 bridgehead atoms. The molecule has 1 heterocycles. The molecular formula is C31H26BrN3O5. The van der Waals surface area contributed by atoms with Gasteiger partial charge in [-0.05, 0) is 86.7 Å². The van der Waals surface area contributed by atoms with Crippen LogP contribution in [0.1, 0.15) is 16.7 Å². The van der Waals surface area contributed by atoms with Crippen LogP contribution in [0.25, 0.3) is 16.8 Å². The summed E-state index contributed by atoms with van der Waals surface area (Å²) in [7, 11) is 1.53. The third kappa shape index (κ3) is 6.00. The summed E-state index contributed by atoms with van der Waals surface area (Å²) in [4.78, 5) is 38.8. The van der Waals surface area contributed by atoms with Gasteiger partial charge in [-0.2, -0.15) is 0 Å². The molecule has 4 amide bonds. The van der Waals surface area contributed by atoms with Crippen molar-refractivity contribution in [3.8, 4) is 11.5 Å². The number of hydrogen-bond donors (Lipinski definition) is 2. The average molecular weight is 600 g/mol. The number of fused-ring (bicyclic) bond motifs is 1. The molecule has 1 aliphatic heterocycles. The van der Waals surface area contributed by atoms with E-state index >= 15 is 0 Å². The number of halogens is 1. The number of anilines is 1. The van der Waals surface area contributed by atoms with Crippen LogP contribution in [0, 0.1) is 6.92 Å². The van der Waals surface area contributed by atoms with Crippen LogP contribution in [0.3, 0.4) is 0 Å². The SMILES string of the molecule is COc1cc(/C=C2/NC(=O)N(CC(=O)Nc3cccc(C)c3)C2=O)cc(Br)c1OCc1ccc2ccccc2c1. The predicted molar refractivity (Wildman–Crippen MR) is 157 cm³/mol. The maximum absolute atomic E-state index is 12.9. The molecule has 1 saturated heterocycles. The smallest absolute Gasteiger partial charge is 0.329 e. The van der Waals surface area contributed by atoms with Gasteiger partial charge in [-0.3, -0.25) is 9.59 Å². The Labute approximate surface area is 239 Å². The van der Waals surface area contributed by atoms with E-state index in [2.05, 4.69) is 50.8 Å². The number of methoxy groups -OCH3 is 1. The number of hydrogen-bond acceptors (Lipinski definition) is 5. The first-order chi connectivity index (χ1) is 19.3. The number of amides is 4. The standard InChI is InChI=1S/C31H26BrN3O5/c1-19-6-5-9-24(12-19)33-28(36)17-35-30(37)26(34-31(35)38)15-21-14-25(32)29(27(16-21)39-2)40-18-20-10-11-22-7-3-4-8-23(22)13-20/h3-16H,17-18H2,1-2H3,(H,33,36)(H,34,38)/b26-15+. The van der Waals surface area contributed by atoms with Crippen molar-refractivity contribution in [3.05, 3.63) is 106 Å². The van der Waals surface area contributed by atoms with Crippen molar-refractivity contribution in [1.29, 1.82) is 0 Å². The van der Waals surface area contributed by atoms with E-state index in [9.17, 15) is 14.4 Å². The van der Waals surface area contributed by atoms with Gasteiger partial charge in [0.1, 0.15) is 18.8 Å². The lowest BCUT2D eigenvalue weighted by molar-refractivity contribution is -0.127. The van der Waals surface area contributed by atoms with Crippen molar-refractivity contribution in [2.75, 3.05) is 19.0 Å². The molecule has 0 aliphatic carbocycles. The predicted octanol–water partition coefficient (Wildman–Crippen LogP) is 6.03. The molecule has 40 heavy (non-hydrogen) atoms. The summed E-state index contributed by atoms with van der Waals surface area (Å²) in [6, 6.07) is 24.3. The molecule has 0 aromatic heterocycles. The van der Waals surface area contributed by atoms with Crippen molar-refractivity contribution in [2.45, 2.75) is 13.5 Å². The van der Waals surface area contributed by atoms with Crippen molar-refractivity contribution < 1.29 is 23.9 Å². The molecule has 8 nitrogen and oxygen atoms in total. The second-order valence-electron chi connectivity index (χ2n) is 9.30. The number of ether oxygens (including phenoxy) is 2. The second kappa shape index (κ2) is 11.6. The van der Waals surface area contributed by atoms with E-state index in [1.165, 1.54) is 13.2 Å². The first kappa shape index (κ1) is 27.0. The van der Waals surface area contributed by atoms with E-state index in [1.54, 1.807) is 24.3 Å². The summed E-state index contributed by atoms with van der Waals surface area (Å²) in [6.45, 7) is 1.82. The van der Waals surface area contributed by atoms with E-state index in [-0.39, 0.29) is 5.70 Å². The minimum atomic E-state index is -0.669. The van der Waals surface area contributed by atoms with Crippen LogP contribution in [0.4, 0.5) is 10.5 Å². The minimum Gasteiger partial charge on any atom is -0.493 e. The van der Waals surface area contributed by atoms with Gasteiger partial charge in [-0.15, -0.1) is 0 Å². The number of nitrogens with one attached hydrogen (secondary N) is 2. The molecule has 5 rings (SSSR count). The number of carbonyl (C=O) groups is 3. The summed E-state index contributed by atoms with van der Waals surface area (Å²) >= 11 is 3.54. The van der Waals surface area contributed by atoms with E-state index < -0.39 is 24.4 Å². The number of carbonyl (C=O) groups excluding carboxylic acids is 3. The van der Waals surface area contributed by atoms with Gasteiger partial charge in [-0.25, -0.2) is 9.69 Å². The molecule has 4 aromatic rings.